The molecule has 1 fully saturated rings. The quantitative estimate of drug-likeness (QED) is 0.905. The first-order valence-electron chi connectivity index (χ1n) is 7.24. The third-order valence-electron chi connectivity index (χ3n) is 3.92. The smallest absolute Gasteiger partial charge is 0.339 e. The first kappa shape index (κ1) is 14.1. The Bertz CT molecular complexity index is 649. The van der Waals surface area contributed by atoms with Gasteiger partial charge >= 0.3 is 5.97 Å². The monoisotopic (exact) mass is 289 g/mol. The number of nitrogens with one attached hydrogen (secondary N) is 1. The zero-order chi connectivity index (χ0) is 14.8. The minimum atomic E-state index is -0.947. The van der Waals surface area contributed by atoms with E-state index in [1.165, 1.54) is 0 Å². The van der Waals surface area contributed by atoms with Crippen molar-refractivity contribution in [2.75, 3.05) is 6.61 Å². The Hall–Kier alpha value is -1.85. The molecule has 0 radical (unpaired) electrons. The van der Waals surface area contributed by atoms with E-state index in [-0.39, 0.29) is 11.7 Å². The van der Waals surface area contributed by atoms with Crippen LogP contribution in [0.1, 0.15) is 35.9 Å². The maximum absolute atomic E-state index is 11.5. The van der Waals surface area contributed by atoms with E-state index >= 15 is 0 Å². The van der Waals surface area contributed by atoms with Crippen LogP contribution in [0.4, 0.5) is 0 Å². The second kappa shape index (κ2) is 5.87. The molecule has 1 saturated heterocycles. The Morgan fingerprint density at radius 1 is 1.43 bits per heavy atom. The number of aromatic carboxylic acids is 1. The number of carbonyl (C=O) groups is 1. The van der Waals surface area contributed by atoms with Gasteiger partial charge in [0, 0.05) is 18.0 Å². The maximum atomic E-state index is 11.5. The molecule has 5 nitrogen and oxygen atoms in total. The molecule has 1 aliphatic heterocycles. The van der Waals surface area contributed by atoms with Gasteiger partial charge in [-0.15, -0.1) is 0 Å². The van der Waals surface area contributed by atoms with Crippen LogP contribution in [-0.2, 0) is 11.3 Å². The molecule has 112 valence electrons. The van der Waals surface area contributed by atoms with Crippen molar-refractivity contribution < 1.29 is 19.1 Å². The first-order chi connectivity index (χ1) is 10.1. The largest absolute Gasteiger partial charge is 0.478 e. The summed E-state index contributed by atoms with van der Waals surface area (Å²) in [6.07, 6.45) is 2.11. The highest BCUT2D eigenvalue weighted by atomic mass is 16.5. The molecule has 21 heavy (non-hydrogen) atoms. The third-order valence-corrected chi connectivity index (χ3v) is 3.92. The van der Waals surface area contributed by atoms with Crippen LogP contribution in [0.15, 0.2) is 28.7 Å². The van der Waals surface area contributed by atoms with Crippen LogP contribution < -0.4 is 5.32 Å². The number of hydrogen-bond donors (Lipinski definition) is 2. The van der Waals surface area contributed by atoms with Crippen molar-refractivity contribution in [1.29, 1.82) is 0 Å². The van der Waals surface area contributed by atoms with Gasteiger partial charge < -0.3 is 19.6 Å². The number of benzene rings is 1. The van der Waals surface area contributed by atoms with Crippen LogP contribution in [-0.4, -0.2) is 29.8 Å². The predicted molar refractivity (Wildman–Crippen MR) is 78.4 cm³/mol. The van der Waals surface area contributed by atoms with E-state index < -0.39 is 5.97 Å². The van der Waals surface area contributed by atoms with E-state index in [0.717, 1.165) is 19.4 Å². The number of carboxylic acid groups (broad SMARTS) is 1. The third kappa shape index (κ3) is 2.94. The van der Waals surface area contributed by atoms with Crippen LogP contribution in [0.5, 0.6) is 0 Å². The minimum absolute atomic E-state index is 0.242. The molecular formula is C16H19NO4. The van der Waals surface area contributed by atoms with Crippen molar-refractivity contribution in [3.8, 4) is 0 Å². The molecule has 2 aromatic rings. The molecular weight excluding hydrogens is 270 g/mol. The van der Waals surface area contributed by atoms with Gasteiger partial charge in [-0.2, -0.15) is 0 Å². The van der Waals surface area contributed by atoms with E-state index in [1.54, 1.807) is 12.1 Å². The van der Waals surface area contributed by atoms with Gasteiger partial charge in [0.1, 0.15) is 16.9 Å². The molecule has 1 aromatic heterocycles. The zero-order valence-electron chi connectivity index (χ0n) is 12.0. The van der Waals surface area contributed by atoms with Crippen LogP contribution >= 0.6 is 0 Å². The van der Waals surface area contributed by atoms with Crippen molar-refractivity contribution in [1.82, 2.24) is 5.32 Å². The summed E-state index contributed by atoms with van der Waals surface area (Å²) in [7, 11) is 0. The Morgan fingerprint density at radius 2 is 2.24 bits per heavy atom. The highest BCUT2D eigenvalue weighted by Gasteiger charge is 2.23. The maximum Gasteiger partial charge on any atom is 0.339 e. The molecule has 0 aliphatic carbocycles. The average molecular weight is 289 g/mol. The minimum Gasteiger partial charge on any atom is -0.478 e. The van der Waals surface area contributed by atoms with E-state index in [2.05, 4.69) is 12.2 Å². The Kier molecular flexibility index (Phi) is 3.94. The van der Waals surface area contributed by atoms with E-state index in [1.807, 2.05) is 12.1 Å². The molecule has 3 rings (SSSR count). The molecule has 0 spiro atoms. The standard InChI is InChI=1S/C16H19NO4/c1-10-8-11(6-7-20-10)17-9-14-15(16(18)19)12-4-2-3-5-13(12)21-14/h2-5,10-11,17H,6-9H2,1H3,(H,18,19). The van der Waals surface area contributed by atoms with Crippen molar-refractivity contribution in [2.24, 2.45) is 0 Å². The van der Waals surface area contributed by atoms with Gasteiger partial charge in [0.15, 0.2) is 0 Å². The zero-order valence-corrected chi connectivity index (χ0v) is 12.0. The molecule has 2 heterocycles. The van der Waals surface area contributed by atoms with E-state index in [0.29, 0.717) is 29.3 Å². The number of fused-ring (bicyclic) bond motifs is 1. The van der Waals surface area contributed by atoms with Gasteiger partial charge in [-0.25, -0.2) is 4.79 Å². The second-order valence-corrected chi connectivity index (χ2v) is 5.49. The topological polar surface area (TPSA) is 71.7 Å². The molecule has 2 N–H and O–H groups in total. The lowest BCUT2D eigenvalue weighted by Crippen LogP contribution is -2.37. The fourth-order valence-corrected chi connectivity index (χ4v) is 2.88. The molecule has 2 unspecified atom stereocenters. The molecule has 0 bridgehead atoms. The summed E-state index contributed by atoms with van der Waals surface area (Å²) in [5.41, 5.74) is 0.880. The molecule has 0 amide bonds. The van der Waals surface area contributed by atoms with Gasteiger partial charge in [0.25, 0.3) is 0 Å². The van der Waals surface area contributed by atoms with Gasteiger partial charge in [0.05, 0.1) is 12.6 Å². The lowest BCUT2D eigenvalue weighted by molar-refractivity contribution is 0.0127. The number of para-hydroxylation sites is 1. The fraction of sp³-hybridized carbons (Fsp3) is 0.438. The molecule has 5 heteroatoms. The van der Waals surface area contributed by atoms with Crippen molar-refractivity contribution in [3.05, 3.63) is 35.6 Å². The fourth-order valence-electron chi connectivity index (χ4n) is 2.88. The number of carboxylic acids is 1. The summed E-state index contributed by atoms with van der Waals surface area (Å²) in [4.78, 5) is 11.5. The summed E-state index contributed by atoms with van der Waals surface area (Å²) in [6.45, 7) is 3.22. The first-order valence-corrected chi connectivity index (χ1v) is 7.24. The number of hydrogen-bond acceptors (Lipinski definition) is 4. The number of ether oxygens (including phenoxy) is 1. The van der Waals surface area contributed by atoms with Crippen LogP contribution in [0.25, 0.3) is 11.0 Å². The van der Waals surface area contributed by atoms with Gasteiger partial charge in [-0.05, 0) is 25.8 Å². The van der Waals surface area contributed by atoms with Gasteiger partial charge in [-0.3, -0.25) is 0 Å². The molecule has 1 aliphatic rings. The SMILES string of the molecule is CC1CC(NCc2oc3ccccc3c2C(=O)O)CCO1. The summed E-state index contributed by atoms with van der Waals surface area (Å²) in [6, 6.07) is 7.57. The number of furan rings is 1. The second-order valence-electron chi connectivity index (χ2n) is 5.49. The molecule has 1 aromatic carbocycles. The predicted octanol–water partition coefficient (Wildman–Crippen LogP) is 2.79. The van der Waals surface area contributed by atoms with Crippen molar-refractivity contribution >= 4 is 16.9 Å². The van der Waals surface area contributed by atoms with Gasteiger partial charge in [-0.1, -0.05) is 18.2 Å². The average Bonchev–Trinajstić information content (AvgIpc) is 2.83. The lowest BCUT2D eigenvalue weighted by Gasteiger charge is -2.27. The van der Waals surface area contributed by atoms with Crippen LogP contribution in [0.3, 0.4) is 0 Å². The highest BCUT2D eigenvalue weighted by Crippen LogP contribution is 2.26. The Balaban J connectivity index is 1.80. The molecule has 0 saturated carbocycles. The normalized spacial score (nSPS) is 22.5. The number of rotatable bonds is 4. The highest BCUT2D eigenvalue weighted by molar-refractivity contribution is 6.03. The Labute approximate surface area is 122 Å². The van der Waals surface area contributed by atoms with E-state index in [9.17, 15) is 9.90 Å². The lowest BCUT2D eigenvalue weighted by atomic mass is 10.0. The summed E-state index contributed by atoms with van der Waals surface area (Å²) < 4.78 is 11.2. The summed E-state index contributed by atoms with van der Waals surface area (Å²) >= 11 is 0. The van der Waals surface area contributed by atoms with E-state index in [4.69, 9.17) is 9.15 Å². The summed E-state index contributed by atoms with van der Waals surface area (Å²) in [5.74, 6) is -0.458. The summed E-state index contributed by atoms with van der Waals surface area (Å²) in [5, 5.41) is 13.5. The Morgan fingerprint density at radius 3 is 3.00 bits per heavy atom. The van der Waals surface area contributed by atoms with Crippen molar-refractivity contribution in [3.63, 3.8) is 0 Å². The van der Waals surface area contributed by atoms with Gasteiger partial charge in [0.2, 0.25) is 0 Å². The molecule has 2 atom stereocenters. The van der Waals surface area contributed by atoms with Crippen molar-refractivity contribution in [2.45, 2.75) is 38.5 Å². The van der Waals surface area contributed by atoms with Crippen LogP contribution in [0.2, 0.25) is 0 Å². The van der Waals surface area contributed by atoms with Crippen LogP contribution in [0, 0.1) is 0 Å².